The van der Waals surface area contributed by atoms with Gasteiger partial charge in [-0.15, -0.1) is 0 Å². The number of halogens is 1. The highest BCUT2D eigenvalue weighted by Crippen LogP contribution is 2.21. The average molecular weight is 415 g/mol. The standard InChI is InChI=1S/C24H31FN2O3/c1-6-21(24(29)26-16(2)3)27(14-19-10-12-20(25)13-11-19)23(28)15-30-22-9-7-8-17(4)18(22)5/h7-13,16,21H,6,14-15H2,1-5H3,(H,26,29)/t21-/m0/s1. The summed E-state index contributed by atoms with van der Waals surface area (Å²) < 4.78 is 19.1. The summed E-state index contributed by atoms with van der Waals surface area (Å²) in [6, 6.07) is 10.9. The summed E-state index contributed by atoms with van der Waals surface area (Å²) in [4.78, 5) is 27.4. The number of amides is 2. The summed E-state index contributed by atoms with van der Waals surface area (Å²) in [5, 5.41) is 2.88. The molecule has 30 heavy (non-hydrogen) atoms. The van der Waals surface area contributed by atoms with Crippen molar-refractivity contribution in [3.63, 3.8) is 0 Å². The van der Waals surface area contributed by atoms with Crippen LogP contribution in [0, 0.1) is 19.7 Å². The van der Waals surface area contributed by atoms with Gasteiger partial charge < -0.3 is 15.0 Å². The molecule has 2 aromatic rings. The number of rotatable bonds is 9. The lowest BCUT2D eigenvalue weighted by Crippen LogP contribution is -2.51. The Bertz CT molecular complexity index is 865. The minimum absolute atomic E-state index is 0.0412. The van der Waals surface area contributed by atoms with E-state index in [9.17, 15) is 14.0 Å². The van der Waals surface area contributed by atoms with Gasteiger partial charge in [-0.25, -0.2) is 4.39 Å². The van der Waals surface area contributed by atoms with Crippen molar-refractivity contribution >= 4 is 11.8 Å². The normalized spacial score (nSPS) is 11.8. The molecule has 0 aliphatic heterocycles. The summed E-state index contributed by atoms with van der Waals surface area (Å²) in [6.45, 7) is 9.54. The van der Waals surface area contributed by atoms with Gasteiger partial charge in [-0.3, -0.25) is 9.59 Å². The lowest BCUT2D eigenvalue weighted by atomic mass is 10.1. The maximum Gasteiger partial charge on any atom is 0.261 e. The third-order valence-electron chi connectivity index (χ3n) is 4.99. The molecular formula is C24H31FN2O3. The zero-order valence-corrected chi connectivity index (χ0v) is 18.4. The second kappa shape index (κ2) is 10.8. The van der Waals surface area contributed by atoms with Crippen LogP contribution < -0.4 is 10.1 Å². The number of hydrogen-bond acceptors (Lipinski definition) is 3. The number of carbonyl (C=O) groups excluding carboxylic acids is 2. The highest BCUT2D eigenvalue weighted by Gasteiger charge is 2.29. The Hall–Kier alpha value is -2.89. The molecule has 0 fully saturated rings. The molecule has 162 valence electrons. The average Bonchev–Trinajstić information content (AvgIpc) is 2.69. The molecule has 0 radical (unpaired) electrons. The Morgan fingerprint density at radius 3 is 2.37 bits per heavy atom. The number of ether oxygens (including phenoxy) is 1. The zero-order valence-electron chi connectivity index (χ0n) is 18.4. The molecule has 1 N–H and O–H groups in total. The number of carbonyl (C=O) groups is 2. The SMILES string of the molecule is CC[C@@H](C(=O)NC(C)C)N(Cc1ccc(F)cc1)C(=O)COc1cccc(C)c1C. The quantitative estimate of drug-likeness (QED) is 0.671. The van der Waals surface area contributed by atoms with Gasteiger partial charge in [0.05, 0.1) is 0 Å². The molecule has 0 saturated carbocycles. The van der Waals surface area contributed by atoms with Gasteiger partial charge in [0, 0.05) is 12.6 Å². The van der Waals surface area contributed by atoms with E-state index in [0.29, 0.717) is 12.2 Å². The van der Waals surface area contributed by atoms with Gasteiger partial charge in [-0.2, -0.15) is 0 Å². The maximum absolute atomic E-state index is 13.3. The molecule has 6 heteroatoms. The molecule has 0 aromatic heterocycles. The second-order valence-electron chi connectivity index (χ2n) is 7.72. The highest BCUT2D eigenvalue weighted by atomic mass is 19.1. The zero-order chi connectivity index (χ0) is 22.3. The fraction of sp³-hybridized carbons (Fsp3) is 0.417. The van der Waals surface area contributed by atoms with Crippen molar-refractivity contribution in [2.75, 3.05) is 6.61 Å². The van der Waals surface area contributed by atoms with Crippen LogP contribution in [0.5, 0.6) is 5.75 Å². The monoisotopic (exact) mass is 414 g/mol. The molecular weight excluding hydrogens is 383 g/mol. The first-order valence-corrected chi connectivity index (χ1v) is 10.3. The van der Waals surface area contributed by atoms with E-state index in [-0.39, 0.29) is 36.8 Å². The molecule has 0 unspecified atom stereocenters. The van der Waals surface area contributed by atoms with Gasteiger partial charge >= 0.3 is 0 Å². The van der Waals surface area contributed by atoms with E-state index < -0.39 is 6.04 Å². The smallest absolute Gasteiger partial charge is 0.261 e. The van der Waals surface area contributed by atoms with Gasteiger partial charge in [0.15, 0.2) is 6.61 Å². The number of nitrogens with zero attached hydrogens (tertiary/aromatic N) is 1. The van der Waals surface area contributed by atoms with Gasteiger partial charge in [0.2, 0.25) is 5.91 Å². The predicted molar refractivity (Wildman–Crippen MR) is 116 cm³/mol. The van der Waals surface area contributed by atoms with Crippen molar-refractivity contribution in [1.29, 1.82) is 0 Å². The van der Waals surface area contributed by atoms with Crippen LogP contribution >= 0.6 is 0 Å². The first-order chi connectivity index (χ1) is 14.2. The third-order valence-corrected chi connectivity index (χ3v) is 4.99. The van der Waals surface area contributed by atoms with Crippen molar-refractivity contribution in [2.45, 2.75) is 59.7 Å². The van der Waals surface area contributed by atoms with E-state index >= 15 is 0 Å². The summed E-state index contributed by atoms with van der Waals surface area (Å²) in [5.74, 6) is -0.218. The Kier molecular flexibility index (Phi) is 8.39. The largest absolute Gasteiger partial charge is 0.483 e. The second-order valence-corrected chi connectivity index (χ2v) is 7.72. The molecule has 2 amide bonds. The lowest BCUT2D eigenvalue weighted by molar-refractivity contribution is -0.143. The summed E-state index contributed by atoms with van der Waals surface area (Å²) in [6.07, 6.45) is 0.453. The van der Waals surface area contributed by atoms with Gasteiger partial charge in [-0.1, -0.05) is 31.2 Å². The molecule has 0 aliphatic carbocycles. The number of nitrogens with one attached hydrogen (secondary N) is 1. The molecule has 0 heterocycles. The van der Waals surface area contributed by atoms with Crippen LogP contribution in [0.1, 0.15) is 43.9 Å². The molecule has 0 aliphatic rings. The van der Waals surface area contributed by atoms with Gasteiger partial charge in [-0.05, 0) is 69.0 Å². The van der Waals surface area contributed by atoms with Crippen molar-refractivity contribution in [3.05, 3.63) is 65.0 Å². The van der Waals surface area contributed by atoms with Crippen LogP contribution in [0.25, 0.3) is 0 Å². The first-order valence-electron chi connectivity index (χ1n) is 10.3. The van der Waals surface area contributed by atoms with Crippen LogP contribution in [0.4, 0.5) is 4.39 Å². The maximum atomic E-state index is 13.3. The van der Waals surface area contributed by atoms with Crippen molar-refractivity contribution in [3.8, 4) is 5.75 Å². The van der Waals surface area contributed by atoms with E-state index in [2.05, 4.69) is 5.32 Å². The van der Waals surface area contributed by atoms with Crippen molar-refractivity contribution in [1.82, 2.24) is 10.2 Å². The third kappa shape index (κ3) is 6.31. The minimum atomic E-state index is -0.646. The lowest BCUT2D eigenvalue weighted by Gasteiger charge is -2.31. The number of hydrogen-bond donors (Lipinski definition) is 1. The molecule has 2 rings (SSSR count). The summed E-state index contributed by atoms with van der Waals surface area (Å²) in [5.41, 5.74) is 2.79. The number of aryl methyl sites for hydroxylation is 1. The molecule has 0 spiro atoms. The van der Waals surface area contributed by atoms with Gasteiger partial charge in [0.1, 0.15) is 17.6 Å². The van der Waals surface area contributed by atoms with E-state index in [1.807, 2.05) is 52.8 Å². The fourth-order valence-corrected chi connectivity index (χ4v) is 3.19. The molecule has 5 nitrogen and oxygen atoms in total. The van der Waals surface area contributed by atoms with Crippen LogP contribution in [-0.4, -0.2) is 35.4 Å². The van der Waals surface area contributed by atoms with Crippen LogP contribution in [0.3, 0.4) is 0 Å². The van der Waals surface area contributed by atoms with Crippen molar-refractivity contribution in [2.24, 2.45) is 0 Å². The highest BCUT2D eigenvalue weighted by molar-refractivity contribution is 5.88. The molecule has 0 bridgehead atoms. The Morgan fingerprint density at radius 2 is 1.77 bits per heavy atom. The summed E-state index contributed by atoms with van der Waals surface area (Å²) in [7, 11) is 0. The van der Waals surface area contributed by atoms with E-state index in [4.69, 9.17) is 4.74 Å². The Morgan fingerprint density at radius 1 is 1.10 bits per heavy atom. The summed E-state index contributed by atoms with van der Waals surface area (Å²) >= 11 is 0. The van der Waals surface area contributed by atoms with Crippen molar-refractivity contribution < 1.29 is 18.7 Å². The number of benzene rings is 2. The topological polar surface area (TPSA) is 58.6 Å². The van der Waals surface area contributed by atoms with Crippen LogP contribution in [0.2, 0.25) is 0 Å². The molecule has 2 aromatic carbocycles. The van der Waals surface area contributed by atoms with E-state index in [0.717, 1.165) is 16.7 Å². The van der Waals surface area contributed by atoms with E-state index in [1.165, 1.54) is 17.0 Å². The fourth-order valence-electron chi connectivity index (χ4n) is 3.19. The Labute approximate surface area is 178 Å². The Balaban J connectivity index is 2.23. The first kappa shape index (κ1) is 23.4. The van der Waals surface area contributed by atoms with Crippen LogP contribution in [0.15, 0.2) is 42.5 Å². The minimum Gasteiger partial charge on any atom is -0.483 e. The predicted octanol–water partition coefficient (Wildman–Crippen LogP) is 4.15. The van der Waals surface area contributed by atoms with E-state index in [1.54, 1.807) is 12.1 Å². The molecule has 0 saturated heterocycles. The molecule has 1 atom stereocenters. The van der Waals surface area contributed by atoms with Crippen LogP contribution in [-0.2, 0) is 16.1 Å². The van der Waals surface area contributed by atoms with Gasteiger partial charge in [0.25, 0.3) is 5.91 Å².